The van der Waals surface area contributed by atoms with Crippen molar-refractivity contribution in [1.82, 2.24) is 5.32 Å². The van der Waals surface area contributed by atoms with E-state index >= 15 is 0 Å². The molecule has 0 unspecified atom stereocenters. The molecule has 0 amide bonds. The number of nitrogens with one attached hydrogen (secondary N) is 1. The zero-order valence-corrected chi connectivity index (χ0v) is 12.4. The lowest BCUT2D eigenvalue weighted by Gasteiger charge is -2.19. The maximum atomic E-state index is 3.54. The number of hydrogen-bond donors (Lipinski definition) is 1. The van der Waals surface area contributed by atoms with Gasteiger partial charge in [-0.05, 0) is 36.8 Å². The van der Waals surface area contributed by atoms with E-state index in [0.29, 0.717) is 5.41 Å². The summed E-state index contributed by atoms with van der Waals surface area (Å²) in [6.45, 7) is 16.2. The van der Waals surface area contributed by atoms with Crippen molar-refractivity contribution >= 4 is 0 Å². The Hall–Kier alpha value is -0.0400. The van der Waals surface area contributed by atoms with Crippen LogP contribution in [0.3, 0.4) is 0 Å². The Kier molecular flexibility index (Phi) is 8.09. The molecule has 1 heteroatoms. The molecule has 0 spiro atoms. The molecule has 0 aromatic rings. The van der Waals surface area contributed by atoms with Crippen LogP contribution in [0, 0.1) is 17.3 Å². The predicted octanol–water partition coefficient (Wildman–Crippen LogP) is 4.47. The van der Waals surface area contributed by atoms with Gasteiger partial charge in [0.2, 0.25) is 0 Å². The lowest BCUT2D eigenvalue weighted by atomic mass is 9.92. The molecule has 1 atom stereocenters. The Bertz CT molecular complexity index is 155. The lowest BCUT2D eigenvalue weighted by molar-refractivity contribution is 0.364. The first-order valence-corrected chi connectivity index (χ1v) is 7.03. The van der Waals surface area contributed by atoms with Gasteiger partial charge in [0.15, 0.2) is 0 Å². The van der Waals surface area contributed by atoms with E-state index in [4.69, 9.17) is 0 Å². The fourth-order valence-corrected chi connectivity index (χ4v) is 1.69. The van der Waals surface area contributed by atoms with Gasteiger partial charge in [-0.25, -0.2) is 0 Å². The second-order valence-corrected chi connectivity index (χ2v) is 6.81. The molecule has 0 saturated heterocycles. The minimum absolute atomic E-state index is 0.423. The summed E-state index contributed by atoms with van der Waals surface area (Å²) >= 11 is 0. The first-order valence-electron chi connectivity index (χ1n) is 7.03. The van der Waals surface area contributed by atoms with Crippen LogP contribution >= 0.6 is 0 Å². The zero-order chi connectivity index (χ0) is 12.6. The summed E-state index contributed by atoms with van der Waals surface area (Å²) in [5, 5.41) is 3.54. The van der Waals surface area contributed by atoms with E-state index < -0.39 is 0 Å². The first-order chi connectivity index (χ1) is 7.33. The molecule has 0 aromatic heterocycles. The zero-order valence-electron chi connectivity index (χ0n) is 12.4. The van der Waals surface area contributed by atoms with Crippen molar-refractivity contribution in [3.63, 3.8) is 0 Å². The molecule has 0 aromatic carbocycles. The Morgan fingerprint density at radius 2 is 1.56 bits per heavy atom. The molecular weight excluding hydrogens is 194 g/mol. The molecule has 0 rings (SSSR count). The minimum Gasteiger partial charge on any atom is -0.316 e. The van der Waals surface area contributed by atoms with Gasteiger partial charge < -0.3 is 5.32 Å². The Balaban J connectivity index is 3.22. The standard InChI is InChI=1S/C15H33N/c1-13(2)14(3)10-8-7-9-11-16-12-15(4,5)6/h13-14,16H,7-12H2,1-6H3/t14-/m1/s1. The molecule has 0 heterocycles. The second kappa shape index (κ2) is 8.11. The Morgan fingerprint density at radius 1 is 0.938 bits per heavy atom. The topological polar surface area (TPSA) is 12.0 Å². The second-order valence-electron chi connectivity index (χ2n) is 6.81. The van der Waals surface area contributed by atoms with Gasteiger partial charge in [0.1, 0.15) is 0 Å². The maximum Gasteiger partial charge on any atom is -0.0000126 e. The summed E-state index contributed by atoms with van der Waals surface area (Å²) in [4.78, 5) is 0. The molecule has 16 heavy (non-hydrogen) atoms. The fraction of sp³-hybridized carbons (Fsp3) is 1.00. The van der Waals surface area contributed by atoms with Gasteiger partial charge in [0.05, 0.1) is 0 Å². The van der Waals surface area contributed by atoms with Gasteiger partial charge in [-0.3, -0.25) is 0 Å². The fourth-order valence-electron chi connectivity index (χ4n) is 1.69. The van der Waals surface area contributed by atoms with Crippen molar-refractivity contribution in [2.75, 3.05) is 13.1 Å². The van der Waals surface area contributed by atoms with E-state index in [2.05, 4.69) is 46.9 Å². The van der Waals surface area contributed by atoms with E-state index in [9.17, 15) is 0 Å². The van der Waals surface area contributed by atoms with Crippen molar-refractivity contribution in [2.45, 2.75) is 67.2 Å². The molecule has 0 saturated carbocycles. The normalized spacial score (nSPS) is 14.4. The van der Waals surface area contributed by atoms with E-state index in [1.54, 1.807) is 0 Å². The maximum absolute atomic E-state index is 3.54. The number of hydrogen-bond acceptors (Lipinski definition) is 1. The largest absolute Gasteiger partial charge is 0.316 e. The smallest absolute Gasteiger partial charge is 0.0000126 e. The van der Waals surface area contributed by atoms with E-state index in [0.717, 1.165) is 18.4 Å². The van der Waals surface area contributed by atoms with E-state index in [-0.39, 0.29) is 0 Å². The van der Waals surface area contributed by atoms with Crippen molar-refractivity contribution in [2.24, 2.45) is 17.3 Å². The van der Waals surface area contributed by atoms with Crippen molar-refractivity contribution in [3.05, 3.63) is 0 Å². The third kappa shape index (κ3) is 10.5. The minimum atomic E-state index is 0.423. The number of rotatable bonds is 8. The molecule has 1 N–H and O–H groups in total. The Morgan fingerprint density at radius 3 is 2.06 bits per heavy atom. The van der Waals surface area contributed by atoms with Crippen LogP contribution in [-0.2, 0) is 0 Å². The SMILES string of the molecule is CC(C)[C@H](C)CCCCCNCC(C)(C)C. The third-order valence-corrected chi connectivity index (χ3v) is 3.31. The predicted molar refractivity (Wildman–Crippen MR) is 74.8 cm³/mol. The molecule has 0 aliphatic rings. The van der Waals surface area contributed by atoms with Gasteiger partial charge >= 0.3 is 0 Å². The van der Waals surface area contributed by atoms with Crippen LogP contribution in [0.1, 0.15) is 67.2 Å². The summed E-state index contributed by atoms with van der Waals surface area (Å²) in [7, 11) is 0. The van der Waals surface area contributed by atoms with Crippen molar-refractivity contribution in [3.8, 4) is 0 Å². The van der Waals surface area contributed by atoms with Gasteiger partial charge in [-0.15, -0.1) is 0 Å². The average Bonchev–Trinajstić information content (AvgIpc) is 2.14. The first kappa shape index (κ1) is 16.0. The molecule has 1 nitrogen and oxygen atoms in total. The van der Waals surface area contributed by atoms with Crippen LogP contribution in [0.4, 0.5) is 0 Å². The molecule has 0 radical (unpaired) electrons. The Labute approximate surface area is 103 Å². The summed E-state index contributed by atoms with van der Waals surface area (Å²) in [5.74, 6) is 1.74. The number of unbranched alkanes of at least 4 members (excludes halogenated alkanes) is 2. The van der Waals surface area contributed by atoms with Gasteiger partial charge in [-0.1, -0.05) is 60.8 Å². The molecule has 0 aliphatic heterocycles. The molecule has 0 fully saturated rings. The van der Waals surface area contributed by atoms with Crippen LogP contribution in [0.5, 0.6) is 0 Å². The third-order valence-electron chi connectivity index (χ3n) is 3.31. The van der Waals surface area contributed by atoms with Gasteiger partial charge in [0, 0.05) is 0 Å². The molecular formula is C15H33N. The average molecular weight is 227 g/mol. The van der Waals surface area contributed by atoms with Gasteiger partial charge in [-0.2, -0.15) is 0 Å². The molecule has 0 bridgehead atoms. The molecule has 0 aliphatic carbocycles. The van der Waals surface area contributed by atoms with Crippen LogP contribution < -0.4 is 5.32 Å². The van der Waals surface area contributed by atoms with Crippen molar-refractivity contribution in [1.29, 1.82) is 0 Å². The summed E-state index contributed by atoms with van der Waals surface area (Å²) in [6, 6.07) is 0. The summed E-state index contributed by atoms with van der Waals surface area (Å²) < 4.78 is 0. The highest BCUT2D eigenvalue weighted by atomic mass is 14.9. The summed E-state index contributed by atoms with van der Waals surface area (Å²) in [6.07, 6.45) is 5.52. The van der Waals surface area contributed by atoms with Crippen LogP contribution in [0.2, 0.25) is 0 Å². The van der Waals surface area contributed by atoms with Crippen molar-refractivity contribution < 1.29 is 0 Å². The van der Waals surface area contributed by atoms with Gasteiger partial charge in [0.25, 0.3) is 0 Å². The van der Waals surface area contributed by atoms with Crippen LogP contribution in [-0.4, -0.2) is 13.1 Å². The lowest BCUT2D eigenvalue weighted by Crippen LogP contribution is -2.27. The van der Waals surface area contributed by atoms with Crippen LogP contribution in [0.15, 0.2) is 0 Å². The highest BCUT2D eigenvalue weighted by molar-refractivity contribution is 4.64. The highest BCUT2D eigenvalue weighted by Crippen LogP contribution is 2.17. The van der Waals surface area contributed by atoms with E-state index in [1.807, 2.05) is 0 Å². The quantitative estimate of drug-likeness (QED) is 0.603. The monoisotopic (exact) mass is 227 g/mol. The molecule has 98 valence electrons. The van der Waals surface area contributed by atoms with Crippen LogP contribution in [0.25, 0.3) is 0 Å². The van der Waals surface area contributed by atoms with E-state index in [1.165, 1.54) is 32.2 Å². The highest BCUT2D eigenvalue weighted by Gasteiger charge is 2.08. The summed E-state index contributed by atoms with van der Waals surface area (Å²) in [5.41, 5.74) is 0.423.